The second-order valence-electron chi connectivity index (χ2n) is 7.26. The average Bonchev–Trinajstić information content (AvgIpc) is 3.31. The lowest BCUT2D eigenvalue weighted by Crippen LogP contribution is -2.31. The molecular formula is C20H23N3O3. The molecule has 136 valence electrons. The molecule has 26 heavy (non-hydrogen) atoms. The Balaban J connectivity index is 1.50. The van der Waals surface area contributed by atoms with E-state index in [0.29, 0.717) is 11.6 Å². The number of amides is 1. The van der Waals surface area contributed by atoms with Crippen molar-refractivity contribution in [3.63, 3.8) is 0 Å². The summed E-state index contributed by atoms with van der Waals surface area (Å²) in [5.74, 6) is -1.18. The molecule has 0 aliphatic heterocycles. The van der Waals surface area contributed by atoms with Gasteiger partial charge in [-0.2, -0.15) is 5.10 Å². The van der Waals surface area contributed by atoms with Gasteiger partial charge >= 0.3 is 5.97 Å². The van der Waals surface area contributed by atoms with E-state index >= 15 is 0 Å². The normalized spacial score (nSPS) is 19.9. The van der Waals surface area contributed by atoms with Gasteiger partial charge in [0.15, 0.2) is 0 Å². The summed E-state index contributed by atoms with van der Waals surface area (Å²) in [7, 11) is 0. The maximum absolute atomic E-state index is 12.6. The van der Waals surface area contributed by atoms with Crippen LogP contribution in [0.1, 0.15) is 82.6 Å². The van der Waals surface area contributed by atoms with Crippen LogP contribution < -0.4 is 5.32 Å². The zero-order chi connectivity index (χ0) is 18.1. The lowest BCUT2D eigenvalue weighted by Gasteiger charge is -2.22. The second-order valence-corrected chi connectivity index (χ2v) is 7.26. The Labute approximate surface area is 152 Å². The number of carboxylic acids is 1. The molecule has 1 amide bonds. The number of aromatic nitrogens is 2. The van der Waals surface area contributed by atoms with Crippen molar-refractivity contribution in [2.24, 2.45) is 0 Å². The Morgan fingerprint density at radius 3 is 2.42 bits per heavy atom. The van der Waals surface area contributed by atoms with E-state index in [1.54, 1.807) is 12.1 Å². The van der Waals surface area contributed by atoms with Gasteiger partial charge in [0, 0.05) is 11.8 Å². The predicted molar refractivity (Wildman–Crippen MR) is 96.3 cm³/mol. The van der Waals surface area contributed by atoms with E-state index in [0.717, 1.165) is 25.0 Å². The van der Waals surface area contributed by atoms with E-state index in [-0.39, 0.29) is 17.5 Å². The maximum atomic E-state index is 12.6. The van der Waals surface area contributed by atoms with Crippen LogP contribution in [0.3, 0.4) is 0 Å². The molecule has 1 aromatic heterocycles. The highest BCUT2D eigenvalue weighted by Crippen LogP contribution is 2.33. The van der Waals surface area contributed by atoms with Crippen molar-refractivity contribution < 1.29 is 14.7 Å². The minimum absolute atomic E-state index is 0.0759. The fourth-order valence-electron chi connectivity index (χ4n) is 4.06. The minimum atomic E-state index is -0.994. The van der Waals surface area contributed by atoms with Gasteiger partial charge in [-0.05, 0) is 61.9 Å². The van der Waals surface area contributed by atoms with Crippen LogP contribution in [0.2, 0.25) is 0 Å². The van der Waals surface area contributed by atoms with Crippen molar-refractivity contribution in [2.75, 3.05) is 0 Å². The summed E-state index contributed by atoms with van der Waals surface area (Å²) < 4.78 is 2.11. The molecule has 6 nitrogen and oxygen atoms in total. The number of aromatic carboxylic acids is 1. The number of carbonyl (C=O) groups is 2. The molecule has 2 aliphatic carbocycles. The van der Waals surface area contributed by atoms with Gasteiger partial charge in [-0.15, -0.1) is 0 Å². The van der Waals surface area contributed by atoms with E-state index in [1.165, 1.54) is 43.4 Å². The fraction of sp³-hybridized carbons (Fsp3) is 0.450. The molecule has 2 aromatic rings. The number of nitrogens with one attached hydrogen (secondary N) is 1. The average molecular weight is 353 g/mol. The van der Waals surface area contributed by atoms with Gasteiger partial charge in [0.1, 0.15) is 0 Å². The molecule has 0 saturated heterocycles. The van der Waals surface area contributed by atoms with E-state index in [2.05, 4.69) is 16.2 Å². The van der Waals surface area contributed by atoms with Gasteiger partial charge in [-0.3, -0.25) is 9.48 Å². The zero-order valence-electron chi connectivity index (χ0n) is 14.6. The van der Waals surface area contributed by atoms with Gasteiger partial charge in [0.05, 0.1) is 23.3 Å². The van der Waals surface area contributed by atoms with Crippen molar-refractivity contribution in [3.05, 3.63) is 52.8 Å². The SMILES string of the molecule is O=C(O)c1ccc(C(=O)NC2CCCc3cn(C4CCCC4)nc32)cc1. The van der Waals surface area contributed by atoms with Crippen LogP contribution in [-0.4, -0.2) is 26.8 Å². The number of rotatable bonds is 4. The molecular weight excluding hydrogens is 330 g/mol. The lowest BCUT2D eigenvalue weighted by molar-refractivity contribution is 0.0696. The number of hydrogen-bond acceptors (Lipinski definition) is 3. The first-order chi connectivity index (χ1) is 12.6. The highest BCUT2D eigenvalue weighted by Gasteiger charge is 2.28. The minimum Gasteiger partial charge on any atom is -0.478 e. The molecule has 2 N–H and O–H groups in total. The zero-order valence-corrected chi connectivity index (χ0v) is 14.6. The first-order valence-electron chi connectivity index (χ1n) is 9.34. The second kappa shape index (κ2) is 6.94. The van der Waals surface area contributed by atoms with E-state index in [1.807, 2.05) is 0 Å². The van der Waals surface area contributed by atoms with Gasteiger partial charge in [-0.1, -0.05) is 12.8 Å². The first-order valence-corrected chi connectivity index (χ1v) is 9.34. The van der Waals surface area contributed by atoms with Crippen LogP contribution in [-0.2, 0) is 6.42 Å². The van der Waals surface area contributed by atoms with Crippen molar-refractivity contribution in [1.29, 1.82) is 0 Å². The lowest BCUT2D eigenvalue weighted by atomic mass is 9.93. The molecule has 1 aromatic carbocycles. The summed E-state index contributed by atoms with van der Waals surface area (Å²) in [5.41, 5.74) is 2.89. The van der Waals surface area contributed by atoms with Crippen LogP contribution in [0.25, 0.3) is 0 Å². The molecule has 1 atom stereocenters. The number of carbonyl (C=O) groups excluding carboxylic acids is 1. The predicted octanol–water partition coefficient (Wildman–Crippen LogP) is 3.50. The fourth-order valence-corrected chi connectivity index (χ4v) is 4.06. The Kier molecular flexibility index (Phi) is 4.49. The standard InChI is InChI=1S/C20H23N3O3/c24-19(13-8-10-14(11-9-13)20(25)26)21-17-7-3-4-15-12-23(22-18(15)17)16-5-1-2-6-16/h8-12,16-17H,1-7H2,(H,21,24)(H,25,26). The maximum Gasteiger partial charge on any atom is 0.335 e. The summed E-state index contributed by atoms with van der Waals surface area (Å²) in [6.45, 7) is 0. The van der Waals surface area contributed by atoms with E-state index in [4.69, 9.17) is 10.2 Å². The molecule has 0 spiro atoms. The summed E-state index contributed by atoms with van der Waals surface area (Å²) in [4.78, 5) is 23.5. The van der Waals surface area contributed by atoms with Crippen LogP contribution in [0, 0.1) is 0 Å². The molecule has 0 radical (unpaired) electrons. The number of hydrogen-bond donors (Lipinski definition) is 2. The van der Waals surface area contributed by atoms with Gasteiger partial charge in [0.25, 0.3) is 5.91 Å². The summed E-state index contributed by atoms with van der Waals surface area (Å²) in [5, 5.41) is 16.9. The number of nitrogens with zero attached hydrogens (tertiary/aromatic N) is 2. The summed E-state index contributed by atoms with van der Waals surface area (Å²) in [6.07, 6.45) is 10.0. The highest BCUT2D eigenvalue weighted by atomic mass is 16.4. The van der Waals surface area contributed by atoms with Gasteiger partial charge < -0.3 is 10.4 Å². The van der Waals surface area contributed by atoms with Crippen LogP contribution in [0.15, 0.2) is 30.5 Å². The van der Waals surface area contributed by atoms with E-state index < -0.39 is 5.97 Å². The third kappa shape index (κ3) is 3.23. The smallest absolute Gasteiger partial charge is 0.335 e. The number of fused-ring (bicyclic) bond motifs is 1. The van der Waals surface area contributed by atoms with Gasteiger partial charge in [0.2, 0.25) is 0 Å². The molecule has 1 unspecified atom stereocenters. The molecule has 0 bridgehead atoms. The summed E-state index contributed by atoms with van der Waals surface area (Å²) >= 11 is 0. The van der Waals surface area contributed by atoms with Crippen LogP contribution >= 0.6 is 0 Å². The highest BCUT2D eigenvalue weighted by molar-refractivity contribution is 5.96. The van der Waals surface area contributed by atoms with Crippen molar-refractivity contribution in [3.8, 4) is 0 Å². The van der Waals surface area contributed by atoms with Crippen LogP contribution in [0.5, 0.6) is 0 Å². The Morgan fingerprint density at radius 1 is 1.04 bits per heavy atom. The number of benzene rings is 1. The first kappa shape index (κ1) is 16.8. The molecule has 2 aliphatic rings. The van der Waals surface area contributed by atoms with Crippen molar-refractivity contribution >= 4 is 11.9 Å². The molecule has 4 rings (SSSR count). The molecule has 1 saturated carbocycles. The molecule has 1 fully saturated rings. The molecule has 6 heteroatoms. The van der Waals surface area contributed by atoms with E-state index in [9.17, 15) is 9.59 Å². The third-order valence-corrected chi connectivity index (χ3v) is 5.51. The Hall–Kier alpha value is -2.63. The number of carboxylic acid groups (broad SMARTS) is 1. The monoisotopic (exact) mass is 353 g/mol. The van der Waals surface area contributed by atoms with Crippen molar-refractivity contribution in [1.82, 2.24) is 15.1 Å². The Morgan fingerprint density at radius 2 is 1.73 bits per heavy atom. The third-order valence-electron chi connectivity index (χ3n) is 5.51. The molecule has 1 heterocycles. The van der Waals surface area contributed by atoms with Crippen LogP contribution in [0.4, 0.5) is 0 Å². The number of aryl methyl sites for hydroxylation is 1. The topological polar surface area (TPSA) is 84.2 Å². The Bertz CT molecular complexity index is 819. The van der Waals surface area contributed by atoms with Crippen molar-refractivity contribution in [2.45, 2.75) is 57.0 Å². The van der Waals surface area contributed by atoms with Gasteiger partial charge in [-0.25, -0.2) is 4.79 Å². The quantitative estimate of drug-likeness (QED) is 0.881. The summed E-state index contributed by atoms with van der Waals surface area (Å²) in [6, 6.07) is 6.45. The largest absolute Gasteiger partial charge is 0.478 e.